The number of halogens is 2. The van der Waals surface area contributed by atoms with E-state index in [1.807, 2.05) is 18.2 Å². The third-order valence-corrected chi connectivity index (χ3v) is 8.39. The summed E-state index contributed by atoms with van der Waals surface area (Å²) in [6.45, 7) is 0.334. The van der Waals surface area contributed by atoms with Crippen molar-refractivity contribution >= 4 is 58.5 Å². The summed E-state index contributed by atoms with van der Waals surface area (Å²) in [4.78, 5) is 16.7. The number of anilines is 1. The molecule has 2 heterocycles. The van der Waals surface area contributed by atoms with Crippen molar-refractivity contribution in [1.29, 1.82) is 0 Å². The van der Waals surface area contributed by atoms with Gasteiger partial charge in [0, 0.05) is 23.5 Å². The zero-order chi connectivity index (χ0) is 20.6. The van der Waals surface area contributed by atoms with E-state index < -0.39 is 15.8 Å². The summed E-state index contributed by atoms with van der Waals surface area (Å²) in [5.41, 5.74) is 0.790. The Morgan fingerprint density at radius 2 is 1.90 bits per heavy atom. The number of hydrogen-bond donors (Lipinski definition) is 1. The van der Waals surface area contributed by atoms with Crippen LogP contribution in [0.1, 0.15) is 12.8 Å². The summed E-state index contributed by atoms with van der Waals surface area (Å²) in [6, 6.07) is 11.1. The van der Waals surface area contributed by atoms with Gasteiger partial charge in [0.25, 0.3) is 0 Å². The number of aromatic nitrogens is 1. The lowest BCUT2D eigenvalue weighted by Crippen LogP contribution is -2.41. The van der Waals surface area contributed by atoms with E-state index in [1.54, 1.807) is 0 Å². The van der Waals surface area contributed by atoms with Crippen molar-refractivity contribution in [2.75, 3.05) is 18.4 Å². The lowest BCUT2D eigenvalue weighted by molar-refractivity contribution is -0.120. The van der Waals surface area contributed by atoms with Crippen LogP contribution < -0.4 is 5.32 Å². The first-order valence-corrected chi connectivity index (χ1v) is 12.0. The minimum atomic E-state index is -3.91. The van der Waals surface area contributed by atoms with Crippen LogP contribution >= 0.6 is 27.3 Å². The number of amides is 1. The Morgan fingerprint density at radius 3 is 2.59 bits per heavy atom. The number of para-hydroxylation sites is 1. The van der Waals surface area contributed by atoms with Gasteiger partial charge in [-0.05, 0) is 53.0 Å². The van der Waals surface area contributed by atoms with Crippen molar-refractivity contribution in [1.82, 2.24) is 9.29 Å². The molecule has 1 N–H and O–H groups in total. The van der Waals surface area contributed by atoms with Crippen LogP contribution in [0.4, 0.5) is 9.52 Å². The molecule has 6 nitrogen and oxygen atoms in total. The van der Waals surface area contributed by atoms with E-state index in [0.29, 0.717) is 18.0 Å². The maximum atomic E-state index is 13.9. The van der Waals surface area contributed by atoms with E-state index in [2.05, 4.69) is 26.2 Å². The number of hydrogen-bond acceptors (Lipinski definition) is 5. The fraction of sp³-hybridized carbons (Fsp3) is 0.263. The number of piperidine rings is 1. The second kappa shape index (κ2) is 8.10. The quantitative estimate of drug-likeness (QED) is 0.584. The SMILES string of the molecule is O=C(Nc1nc2c(Br)cccc2s1)C1CCN(S(=O)(=O)c2ccccc2F)CC1. The number of sulfonamides is 1. The monoisotopic (exact) mass is 497 g/mol. The molecule has 1 aliphatic rings. The second-order valence-corrected chi connectivity index (χ2v) is 10.5. The first kappa shape index (κ1) is 20.4. The summed E-state index contributed by atoms with van der Waals surface area (Å²) < 4.78 is 42.3. The highest BCUT2D eigenvalue weighted by atomic mass is 79.9. The van der Waals surface area contributed by atoms with Crippen LogP contribution in [0.5, 0.6) is 0 Å². The molecule has 3 aromatic rings. The first-order valence-electron chi connectivity index (χ1n) is 8.97. The number of carbonyl (C=O) groups excluding carboxylic acids is 1. The molecule has 152 valence electrons. The summed E-state index contributed by atoms with van der Waals surface area (Å²) in [6.07, 6.45) is 0.738. The van der Waals surface area contributed by atoms with Gasteiger partial charge in [0.1, 0.15) is 10.7 Å². The molecule has 0 radical (unpaired) electrons. The highest BCUT2D eigenvalue weighted by molar-refractivity contribution is 9.10. The summed E-state index contributed by atoms with van der Waals surface area (Å²) in [5, 5.41) is 3.35. The predicted molar refractivity (Wildman–Crippen MR) is 114 cm³/mol. The molecule has 1 fully saturated rings. The molecule has 0 aliphatic carbocycles. The molecule has 0 unspecified atom stereocenters. The topological polar surface area (TPSA) is 79.4 Å². The standard InChI is InChI=1S/C19H17BrFN3O3S2/c20-13-4-3-6-15-17(13)22-19(28-15)23-18(25)12-8-10-24(11-9-12)29(26,27)16-7-2-1-5-14(16)21/h1-7,12H,8-11H2,(H,22,23,25). The van der Waals surface area contributed by atoms with Crippen molar-refractivity contribution < 1.29 is 17.6 Å². The largest absolute Gasteiger partial charge is 0.302 e. The number of carbonyl (C=O) groups is 1. The molecule has 2 aromatic carbocycles. The zero-order valence-electron chi connectivity index (χ0n) is 15.1. The molecule has 0 spiro atoms. The summed E-state index contributed by atoms with van der Waals surface area (Å²) in [5.74, 6) is -1.27. The minimum absolute atomic E-state index is 0.167. The molecule has 4 rings (SSSR count). The number of nitrogens with one attached hydrogen (secondary N) is 1. The summed E-state index contributed by atoms with van der Waals surface area (Å²) in [7, 11) is -3.91. The zero-order valence-corrected chi connectivity index (χ0v) is 18.4. The highest BCUT2D eigenvalue weighted by Crippen LogP contribution is 2.32. The van der Waals surface area contributed by atoms with Crippen molar-refractivity contribution in [2.24, 2.45) is 5.92 Å². The van der Waals surface area contributed by atoms with E-state index in [1.165, 1.54) is 33.8 Å². The van der Waals surface area contributed by atoms with Crippen LogP contribution in [-0.4, -0.2) is 36.7 Å². The van der Waals surface area contributed by atoms with Gasteiger partial charge in [-0.3, -0.25) is 4.79 Å². The van der Waals surface area contributed by atoms with E-state index in [-0.39, 0.29) is 29.8 Å². The molecular weight excluding hydrogens is 481 g/mol. The average Bonchev–Trinajstić information content (AvgIpc) is 3.12. The molecule has 0 atom stereocenters. The Labute approximate surface area is 179 Å². The van der Waals surface area contributed by atoms with Gasteiger partial charge in [0.15, 0.2) is 5.13 Å². The van der Waals surface area contributed by atoms with Crippen LogP contribution in [0.2, 0.25) is 0 Å². The molecule has 0 bridgehead atoms. The third kappa shape index (κ3) is 4.07. The van der Waals surface area contributed by atoms with Crippen LogP contribution in [0, 0.1) is 11.7 Å². The number of rotatable bonds is 4. The molecule has 1 saturated heterocycles. The molecule has 0 saturated carbocycles. The molecule has 29 heavy (non-hydrogen) atoms. The number of benzene rings is 2. The van der Waals surface area contributed by atoms with Gasteiger partial charge in [-0.15, -0.1) is 0 Å². The predicted octanol–water partition coefficient (Wildman–Crippen LogP) is 4.24. The maximum absolute atomic E-state index is 13.9. The van der Waals surface area contributed by atoms with Crippen molar-refractivity contribution in [2.45, 2.75) is 17.7 Å². The fourth-order valence-corrected chi connectivity index (χ4v) is 6.34. The highest BCUT2D eigenvalue weighted by Gasteiger charge is 2.33. The minimum Gasteiger partial charge on any atom is -0.302 e. The fourth-order valence-electron chi connectivity index (χ4n) is 3.33. The molecular formula is C19H17BrFN3O3S2. The van der Waals surface area contributed by atoms with Crippen LogP contribution in [-0.2, 0) is 14.8 Å². The first-order chi connectivity index (χ1) is 13.9. The van der Waals surface area contributed by atoms with Crippen molar-refractivity contribution in [3.63, 3.8) is 0 Å². The van der Waals surface area contributed by atoms with Crippen molar-refractivity contribution in [3.8, 4) is 0 Å². The second-order valence-electron chi connectivity index (χ2n) is 6.70. The van der Waals surface area contributed by atoms with Gasteiger partial charge < -0.3 is 5.32 Å². The lowest BCUT2D eigenvalue weighted by atomic mass is 9.97. The van der Waals surface area contributed by atoms with Crippen molar-refractivity contribution in [3.05, 3.63) is 52.8 Å². The maximum Gasteiger partial charge on any atom is 0.245 e. The van der Waals surface area contributed by atoms with E-state index in [0.717, 1.165) is 20.8 Å². The normalized spacial score (nSPS) is 16.2. The Bertz CT molecular complexity index is 1170. The Morgan fingerprint density at radius 1 is 1.17 bits per heavy atom. The van der Waals surface area contributed by atoms with Gasteiger partial charge >= 0.3 is 0 Å². The summed E-state index contributed by atoms with van der Waals surface area (Å²) >= 11 is 4.83. The van der Waals surface area contributed by atoms with Crippen LogP contribution in [0.3, 0.4) is 0 Å². The van der Waals surface area contributed by atoms with Gasteiger partial charge in [-0.2, -0.15) is 4.31 Å². The van der Waals surface area contributed by atoms with E-state index in [4.69, 9.17) is 0 Å². The Kier molecular flexibility index (Phi) is 5.69. The number of nitrogens with zero attached hydrogens (tertiary/aromatic N) is 2. The van der Waals surface area contributed by atoms with Gasteiger partial charge in [-0.25, -0.2) is 17.8 Å². The average molecular weight is 498 g/mol. The van der Waals surface area contributed by atoms with Gasteiger partial charge in [0.05, 0.1) is 10.2 Å². The van der Waals surface area contributed by atoms with Gasteiger partial charge in [0.2, 0.25) is 15.9 Å². The third-order valence-electron chi connectivity index (χ3n) is 4.88. The Hall–Kier alpha value is -1.88. The molecule has 10 heteroatoms. The molecule has 1 aromatic heterocycles. The lowest BCUT2D eigenvalue weighted by Gasteiger charge is -2.30. The smallest absolute Gasteiger partial charge is 0.245 e. The number of thiazole rings is 1. The molecule has 1 amide bonds. The number of fused-ring (bicyclic) bond motifs is 1. The Balaban J connectivity index is 1.42. The van der Waals surface area contributed by atoms with E-state index >= 15 is 0 Å². The molecule has 1 aliphatic heterocycles. The van der Waals surface area contributed by atoms with Crippen LogP contribution in [0.15, 0.2) is 51.8 Å². The van der Waals surface area contributed by atoms with E-state index in [9.17, 15) is 17.6 Å². The van der Waals surface area contributed by atoms with Crippen LogP contribution in [0.25, 0.3) is 10.2 Å². The van der Waals surface area contributed by atoms with Gasteiger partial charge in [-0.1, -0.05) is 29.5 Å².